The molecule has 0 aliphatic heterocycles. The first-order valence-corrected chi connectivity index (χ1v) is 7.83. The van der Waals surface area contributed by atoms with E-state index in [2.05, 4.69) is 10.6 Å². The fraction of sp³-hybridized carbons (Fsp3) is 0.412. The predicted octanol–water partition coefficient (Wildman–Crippen LogP) is 2.11. The van der Waals surface area contributed by atoms with Crippen molar-refractivity contribution in [1.29, 1.82) is 0 Å². The van der Waals surface area contributed by atoms with Crippen molar-refractivity contribution in [2.24, 2.45) is 11.7 Å². The van der Waals surface area contributed by atoms with Gasteiger partial charge in [0.15, 0.2) is 0 Å². The summed E-state index contributed by atoms with van der Waals surface area (Å²) in [6, 6.07) is 8.57. The van der Waals surface area contributed by atoms with E-state index in [-0.39, 0.29) is 11.4 Å². The van der Waals surface area contributed by atoms with Crippen LogP contribution in [0.25, 0.3) is 0 Å². The lowest BCUT2D eigenvalue weighted by Gasteiger charge is -2.35. The van der Waals surface area contributed by atoms with Crippen LogP contribution in [0.5, 0.6) is 0 Å². The van der Waals surface area contributed by atoms with Gasteiger partial charge in [-0.15, -0.1) is 0 Å². The number of nitrogens with two attached hydrogens (primary N) is 1. The average molecular weight is 372 g/mol. The van der Waals surface area contributed by atoms with Crippen LogP contribution < -0.4 is 21.7 Å². The second-order valence-electron chi connectivity index (χ2n) is 6.29. The van der Waals surface area contributed by atoms with Crippen molar-refractivity contribution < 1.29 is 22.8 Å². The predicted molar refractivity (Wildman–Crippen MR) is 92.8 cm³/mol. The fourth-order valence-corrected chi connectivity index (χ4v) is 2.26. The molecule has 1 unspecified atom stereocenters. The zero-order valence-corrected chi connectivity index (χ0v) is 15.0. The van der Waals surface area contributed by atoms with Crippen LogP contribution in [0.4, 0.5) is 18.9 Å². The van der Waals surface area contributed by atoms with Crippen molar-refractivity contribution in [3.05, 3.63) is 41.7 Å². The average Bonchev–Trinajstić information content (AvgIpc) is 2.54. The largest absolute Gasteiger partial charge is 0.471 e. The molecular weight excluding hydrogens is 349 g/mol. The van der Waals surface area contributed by atoms with Crippen LogP contribution in [-0.2, 0) is 9.59 Å². The molecule has 1 aromatic rings. The number of carbonyl (C=O) groups is 2. The second kappa shape index (κ2) is 8.11. The van der Waals surface area contributed by atoms with Crippen molar-refractivity contribution in [3.63, 3.8) is 0 Å². The van der Waals surface area contributed by atoms with Gasteiger partial charge >= 0.3 is 12.1 Å². The molecule has 0 radical (unpaired) electrons. The number of alkyl halides is 3. The summed E-state index contributed by atoms with van der Waals surface area (Å²) in [5.41, 5.74) is 5.14. The monoisotopic (exact) mass is 372 g/mol. The van der Waals surface area contributed by atoms with Crippen LogP contribution in [-0.4, -0.2) is 30.6 Å². The first-order chi connectivity index (χ1) is 11.9. The number of nitrogens with one attached hydrogen (secondary N) is 3. The maximum atomic E-state index is 12.5. The molecule has 1 aromatic carbocycles. The summed E-state index contributed by atoms with van der Waals surface area (Å²) in [5.74, 6) is -3.37. The molecule has 1 rings (SSSR count). The maximum absolute atomic E-state index is 12.5. The third-order valence-electron chi connectivity index (χ3n) is 4.04. The van der Waals surface area contributed by atoms with Gasteiger partial charge in [-0.3, -0.25) is 9.59 Å². The molecule has 0 aromatic heterocycles. The number of anilines is 1. The highest BCUT2D eigenvalue weighted by atomic mass is 19.4. The summed E-state index contributed by atoms with van der Waals surface area (Å²) in [6.45, 7) is 4.40. The van der Waals surface area contributed by atoms with Gasteiger partial charge in [0, 0.05) is 29.9 Å². The van der Waals surface area contributed by atoms with Gasteiger partial charge in [-0.25, -0.2) is 0 Å². The van der Waals surface area contributed by atoms with E-state index < -0.39 is 29.4 Å². The Hall–Kier alpha value is -2.71. The van der Waals surface area contributed by atoms with Gasteiger partial charge in [-0.1, -0.05) is 25.1 Å². The van der Waals surface area contributed by atoms with Gasteiger partial charge in [0.1, 0.15) is 5.70 Å². The summed E-state index contributed by atoms with van der Waals surface area (Å²) in [6.07, 6.45) is -5.00. The lowest BCUT2D eigenvalue weighted by atomic mass is 9.85. The molecule has 9 heteroatoms. The Morgan fingerprint density at radius 2 is 1.65 bits per heavy atom. The van der Waals surface area contributed by atoms with Crippen LogP contribution in [0.15, 0.2) is 41.7 Å². The molecule has 0 heterocycles. The number of amides is 2. The Morgan fingerprint density at radius 3 is 2.12 bits per heavy atom. The van der Waals surface area contributed by atoms with E-state index in [1.807, 2.05) is 5.32 Å². The molecule has 0 saturated carbocycles. The van der Waals surface area contributed by atoms with E-state index in [1.165, 1.54) is 20.9 Å². The molecular formula is C17H23F3N4O2. The van der Waals surface area contributed by atoms with E-state index in [1.54, 1.807) is 37.3 Å². The molecule has 0 aliphatic rings. The Kier molecular flexibility index (Phi) is 6.66. The van der Waals surface area contributed by atoms with Crippen LogP contribution in [0.2, 0.25) is 0 Å². The molecule has 5 N–H and O–H groups in total. The molecule has 26 heavy (non-hydrogen) atoms. The number of hydrogen-bond acceptors (Lipinski definition) is 4. The SMILES string of the molecule is CN/C(=C(/N)C(=O)Nc1ccccc1)C(C)C(C)(C)NC(=O)C(F)(F)F. The first-order valence-electron chi connectivity index (χ1n) is 7.83. The quantitative estimate of drug-likeness (QED) is 0.575. The summed E-state index contributed by atoms with van der Waals surface area (Å²) in [7, 11) is 1.50. The van der Waals surface area contributed by atoms with E-state index in [0.717, 1.165) is 0 Å². The van der Waals surface area contributed by atoms with Gasteiger partial charge in [0.25, 0.3) is 5.91 Å². The Balaban J connectivity index is 3.04. The topological polar surface area (TPSA) is 96.2 Å². The number of hydrogen-bond donors (Lipinski definition) is 4. The minimum atomic E-state index is -5.00. The normalized spacial score (nSPS) is 14.1. The molecule has 0 saturated heterocycles. The summed E-state index contributed by atoms with van der Waals surface area (Å²) in [4.78, 5) is 23.6. The van der Waals surface area contributed by atoms with Crippen molar-refractivity contribution in [2.75, 3.05) is 12.4 Å². The highest BCUT2D eigenvalue weighted by Gasteiger charge is 2.43. The minimum absolute atomic E-state index is 0.182. The van der Waals surface area contributed by atoms with Gasteiger partial charge in [0.2, 0.25) is 0 Å². The molecule has 0 spiro atoms. The van der Waals surface area contributed by atoms with Crippen molar-refractivity contribution in [1.82, 2.24) is 10.6 Å². The Bertz CT molecular complexity index is 685. The number of carbonyl (C=O) groups excluding carboxylic acids is 2. The highest BCUT2D eigenvalue weighted by Crippen LogP contribution is 2.26. The maximum Gasteiger partial charge on any atom is 0.471 e. The third kappa shape index (κ3) is 5.40. The fourth-order valence-electron chi connectivity index (χ4n) is 2.26. The van der Waals surface area contributed by atoms with Gasteiger partial charge in [-0.2, -0.15) is 13.2 Å². The standard InChI is InChI=1S/C17H23F3N4O2/c1-10(16(2,3)24-15(26)17(18,19)20)13(22-4)12(21)14(25)23-11-8-6-5-7-9-11/h5-10,22H,21H2,1-4H3,(H,23,25)(H,24,26)/b13-12+. The van der Waals surface area contributed by atoms with E-state index in [9.17, 15) is 22.8 Å². The number of halogens is 3. The van der Waals surface area contributed by atoms with E-state index in [0.29, 0.717) is 5.69 Å². The number of benzene rings is 1. The molecule has 6 nitrogen and oxygen atoms in total. The van der Waals surface area contributed by atoms with E-state index in [4.69, 9.17) is 5.73 Å². The van der Waals surface area contributed by atoms with Gasteiger partial charge < -0.3 is 21.7 Å². The van der Waals surface area contributed by atoms with Crippen molar-refractivity contribution in [2.45, 2.75) is 32.5 Å². The van der Waals surface area contributed by atoms with Crippen molar-refractivity contribution >= 4 is 17.5 Å². The molecule has 2 amide bonds. The zero-order chi connectivity index (χ0) is 20.1. The lowest BCUT2D eigenvalue weighted by molar-refractivity contribution is -0.175. The number of rotatable bonds is 6. The molecule has 1 atom stereocenters. The van der Waals surface area contributed by atoms with Crippen LogP contribution in [0.1, 0.15) is 20.8 Å². The minimum Gasteiger partial charge on any atom is -0.393 e. The Morgan fingerprint density at radius 1 is 1.12 bits per heavy atom. The summed E-state index contributed by atoms with van der Waals surface area (Å²) < 4.78 is 37.6. The zero-order valence-electron chi connectivity index (χ0n) is 15.0. The summed E-state index contributed by atoms with van der Waals surface area (Å²) >= 11 is 0. The smallest absolute Gasteiger partial charge is 0.393 e. The third-order valence-corrected chi connectivity index (χ3v) is 4.04. The molecule has 0 aliphatic carbocycles. The van der Waals surface area contributed by atoms with Crippen LogP contribution in [0, 0.1) is 5.92 Å². The van der Waals surface area contributed by atoms with Crippen LogP contribution in [0.3, 0.4) is 0 Å². The molecule has 0 fully saturated rings. The van der Waals surface area contributed by atoms with Gasteiger partial charge in [-0.05, 0) is 26.0 Å². The van der Waals surface area contributed by atoms with Crippen LogP contribution >= 0.6 is 0 Å². The van der Waals surface area contributed by atoms with E-state index >= 15 is 0 Å². The second-order valence-corrected chi connectivity index (χ2v) is 6.29. The van der Waals surface area contributed by atoms with Gasteiger partial charge in [0.05, 0.1) is 0 Å². The molecule has 0 bridgehead atoms. The van der Waals surface area contributed by atoms with Crippen molar-refractivity contribution in [3.8, 4) is 0 Å². The number of para-hydroxylation sites is 1. The Labute approximate surface area is 150 Å². The highest BCUT2D eigenvalue weighted by molar-refractivity contribution is 6.03. The lowest BCUT2D eigenvalue weighted by Crippen LogP contribution is -2.54. The summed E-state index contributed by atoms with van der Waals surface area (Å²) in [5, 5.41) is 7.28. The first kappa shape index (κ1) is 21.3. The molecule has 144 valence electrons.